The van der Waals surface area contributed by atoms with Crippen LogP contribution in [0.4, 0.5) is 4.79 Å². The summed E-state index contributed by atoms with van der Waals surface area (Å²) in [5, 5.41) is 16.3. The minimum Gasteiger partial charge on any atom is -0.480 e. The van der Waals surface area contributed by atoms with Crippen molar-refractivity contribution in [3.63, 3.8) is 0 Å². The van der Waals surface area contributed by atoms with Crippen LogP contribution in [-0.4, -0.2) is 33.0 Å². The van der Waals surface area contributed by atoms with Crippen molar-refractivity contribution in [3.05, 3.63) is 52.8 Å². The number of carboxylic acid groups (broad SMARTS) is 1. The number of ether oxygens (including phenoxy) is 1. The third-order valence-corrected chi connectivity index (χ3v) is 3.88. The SMILES string of the molecule is Cc1nn(C(C)C(NC(=O)OCc2ccccc2)C(=O)O)cc1Cl. The Morgan fingerprint density at radius 3 is 2.58 bits per heavy atom. The minimum atomic E-state index is -1.20. The van der Waals surface area contributed by atoms with Gasteiger partial charge < -0.3 is 15.2 Å². The molecule has 2 aromatic rings. The molecule has 1 aromatic carbocycles. The van der Waals surface area contributed by atoms with Gasteiger partial charge in [-0.05, 0) is 19.4 Å². The molecule has 1 aromatic heterocycles. The summed E-state index contributed by atoms with van der Waals surface area (Å²) in [5.41, 5.74) is 1.39. The number of hydrogen-bond acceptors (Lipinski definition) is 4. The maximum absolute atomic E-state index is 11.9. The molecule has 0 saturated heterocycles. The fourth-order valence-electron chi connectivity index (χ4n) is 2.10. The van der Waals surface area contributed by atoms with Crippen molar-refractivity contribution in [3.8, 4) is 0 Å². The van der Waals surface area contributed by atoms with Gasteiger partial charge in [-0.15, -0.1) is 0 Å². The molecule has 1 amide bonds. The highest BCUT2D eigenvalue weighted by atomic mass is 35.5. The van der Waals surface area contributed by atoms with Gasteiger partial charge in [0, 0.05) is 6.20 Å². The summed E-state index contributed by atoms with van der Waals surface area (Å²) in [6.07, 6.45) is 0.710. The lowest BCUT2D eigenvalue weighted by Crippen LogP contribution is -2.46. The molecule has 7 nitrogen and oxygen atoms in total. The Kier molecular flexibility index (Phi) is 5.81. The number of halogens is 1. The van der Waals surface area contributed by atoms with Crippen LogP contribution in [0.1, 0.15) is 24.2 Å². The van der Waals surface area contributed by atoms with Crippen LogP contribution in [0.5, 0.6) is 0 Å². The smallest absolute Gasteiger partial charge is 0.408 e. The van der Waals surface area contributed by atoms with Crippen LogP contribution in [0, 0.1) is 6.92 Å². The number of alkyl carbamates (subject to hydrolysis) is 1. The zero-order valence-electron chi connectivity index (χ0n) is 13.3. The van der Waals surface area contributed by atoms with Gasteiger partial charge in [-0.2, -0.15) is 5.10 Å². The Morgan fingerprint density at radius 1 is 1.38 bits per heavy atom. The minimum absolute atomic E-state index is 0.0557. The molecule has 2 N–H and O–H groups in total. The quantitative estimate of drug-likeness (QED) is 0.834. The summed E-state index contributed by atoms with van der Waals surface area (Å²) < 4.78 is 6.47. The lowest BCUT2D eigenvalue weighted by molar-refractivity contribution is -0.140. The second-order valence-corrected chi connectivity index (χ2v) is 5.71. The molecule has 2 rings (SSSR count). The van der Waals surface area contributed by atoms with Crippen LogP contribution < -0.4 is 5.32 Å². The average Bonchev–Trinajstić information content (AvgIpc) is 2.90. The molecule has 0 aliphatic rings. The summed E-state index contributed by atoms with van der Waals surface area (Å²) >= 11 is 5.94. The van der Waals surface area contributed by atoms with Crippen molar-refractivity contribution < 1.29 is 19.4 Å². The number of rotatable bonds is 6. The topological polar surface area (TPSA) is 93.5 Å². The van der Waals surface area contributed by atoms with Gasteiger partial charge >= 0.3 is 12.1 Å². The van der Waals surface area contributed by atoms with Crippen LogP contribution in [0.2, 0.25) is 5.02 Å². The number of aromatic nitrogens is 2. The number of amides is 1. The Labute approximate surface area is 144 Å². The fraction of sp³-hybridized carbons (Fsp3) is 0.312. The van der Waals surface area contributed by atoms with Gasteiger partial charge in [-0.1, -0.05) is 41.9 Å². The van der Waals surface area contributed by atoms with E-state index in [4.69, 9.17) is 16.3 Å². The summed E-state index contributed by atoms with van der Waals surface area (Å²) in [7, 11) is 0. The van der Waals surface area contributed by atoms with Gasteiger partial charge in [0.1, 0.15) is 6.61 Å². The van der Waals surface area contributed by atoms with Crippen LogP contribution in [0.25, 0.3) is 0 Å². The number of nitrogens with one attached hydrogen (secondary N) is 1. The van der Waals surface area contributed by atoms with Crippen LogP contribution in [0.3, 0.4) is 0 Å². The number of nitrogens with zero attached hydrogens (tertiary/aromatic N) is 2. The van der Waals surface area contributed by atoms with E-state index in [1.54, 1.807) is 26.0 Å². The number of carboxylic acids is 1. The van der Waals surface area contributed by atoms with Crippen molar-refractivity contribution in [1.29, 1.82) is 0 Å². The fourth-order valence-corrected chi connectivity index (χ4v) is 2.24. The second kappa shape index (κ2) is 7.83. The van der Waals surface area contributed by atoms with E-state index >= 15 is 0 Å². The molecule has 0 fully saturated rings. The number of aryl methyl sites for hydroxylation is 1. The summed E-state index contributed by atoms with van der Waals surface area (Å²) in [6, 6.07) is 7.26. The van der Waals surface area contributed by atoms with E-state index in [9.17, 15) is 14.7 Å². The van der Waals surface area contributed by atoms with Gasteiger partial charge in [0.05, 0.1) is 16.8 Å². The first-order chi connectivity index (χ1) is 11.4. The Morgan fingerprint density at radius 2 is 2.04 bits per heavy atom. The van der Waals surface area contributed by atoms with Crippen molar-refractivity contribution in [2.45, 2.75) is 32.5 Å². The van der Waals surface area contributed by atoms with E-state index in [1.807, 2.05) is 18.2 Å². The number of benzene rings is 1. The highest BCUT2D eigenvalue weighted by Crippen LogP contribution is 2.18. The summed E-state index contributed by atoms with van der Waals surface area (Å²) in [5.74, 6) is -1.19. The lowest BCUT2D eigenvalue weighted by Gasteiger charge is -2.21. The molecule has 0 radical (unpaired) electrons. The predicted octanol–water partition coefficient (Wildman–Crippen LogP) is 2.79. The number of aliphatic carboxylic acids is 1. The summed E-state index contributed by atoms with van der Waals surface area (Å²) in [6.45, 7) is 3.39. The molecule has 0 aliphatic heterocycles. The molecular weight excluding hydrogens is 334 g/mol. The standard InChI is InChI=1S/C16H18ClN3O4/c1-10-13(17)8-20(19-10)11(2)14(15(21)22)18-16(23)24-9-12-6-4-3-5-7-12/h3-8,11,14H,9H2,1-2H3,(H,18,23)(H,21,22). The maximum Gasteiger partial charge on any atom is 0.408 e. The van der Waals surface area contributed by atoms with Gasteiger partial charge in [-0.3, -0.25) is 4.68 Å². The van der Waals surface area contributed by atoms with Crippen molar-refractivity contribution in [1.82, 2.24) is 15.1 Å². The number of carbonyl (C=O) groups excluding carboxylic acids is 1. The highest BCUT2D eigenvalue weighted by Gasteiger charge is 2.29. The first-order valence-electron chi connectivity index (χ1n) is 7.29. The van der Waals surface area contributed by atoms with E-state index in [2.05, 4.69) is 10.4 Å². The molecular formula is C16H18ClN3O4. The zero-order chi connectivity index (χ0) is 17.7. The molecule has 128 valence electrons. The molecule has 1 heterocycles. The van der Waals surface area contributed by atoms with Crippen molar-refractivity contribution in [2.24, 2.45) is 0 Å². The van der Waals surface area contributed by atoms with E-state index in [-0.39, 0.29) is 6.61 Å². The molecule has 0 spiro atoms. The van der Waals surface area contributed by atoms with Gasteiger partial charge in [-0.25, -0.2) is 9.59 Å². The van der Waals surface area contributed by atoms with E-state index < -0.39 is 24.1 Å². The Bertz CT molecular complexity index is 698. The molecule has 2 atom stereocenters. The Hall–Kier alpha value is -2.54. The third kappa shape index (κ3) is 4.48. The van der Waals surface area contributed by atoms with Crippen LogP contribution in [-0.2, 0) is 16.1 Å². The molecule has 2 unspecified atom stereocenters. The Balaban J connectivity index is 1.99. The number of carbonyl (C=O) groups is 2. The largest absolute Gasteiger partial charge is 0.480 e. The molecule has 8 heteroatoms. The van der Waals surface area contributed by atoms with Crippen molar-refractivity contribution in [2.75, 3.05) is 0 Å². The molecule has 0 bridgehead atoms. The van der Waals surface area contributed by atoms with Crippen molar-refractivity contribution >= 4 is 23.7 Å². The predicted molar refractivity (Wildman–Crippen MR) is 87.9 cm³/mol. The van der Waals surface area contributed by atoms with E-state index in [0.29, 0.717) is 10.7 Å². The second-order valence-electron chi connectivity index (χ2n) is 5.31. The van der Waals surface area contributed by atoms with Crippen LogP contribution >= 0.6 is 11.6 Å². The average molecular weight is 352 g/mol. The molecule has 24 heavy (non-hydrogen) atoms. The molecule has 0 aliphatic carbocycles. The van der Waals surface area contributed by atoms with E-state index in [1.165, 1.54) is 10.9 Å². The van der Waals surface area contributed by atoms with E-state index in [0.717, 1.165) is 5.56 Å². The van der Waals surface area contributed by atoms with Gasteiger partial charge in [0.25, 0.3) is 0 Å². The normalized spacial score (nSPS) is 13.1. The number of hydrogen-bond donors (Lipinski definition) is 2. The van der Waals surface area contributed by atoms with Crippen LogP contribution in [0.15, 0.2) is 36.5 Å². The first kappa shape index (κ1) is 17.8. The monoisotopic (exact) mass is 351 g/mol. The molecule has 0 saturated carbocycles. The first-order valence-corrected chi connectivity index (χ1v) is 7.67. The van der Waals surface area contributed by atoms with Gasteiger partial charge in [0.2, 0.25) is 0 Å². The highest BCUT2D eigenvalue weighted by molar-refractivity contribution is 6.31. The lowest BCUT2D eigenvalue weighted by atomic mass is 10.1. The third-order valence-electron chi connectivity index (χ3n) is 3.51. The van der Waals surface area contributed by atoms with Gasteiger partial charge in [0.15, 0.2) is 6.04 Å². The summed E-state index contributed by atoms with van der Waals surface area (Å²) in [4.78, 5) is 23.4. The maximum atomic E-state index is 11.9. The zero-order valence-corrected chi connectivity index (χ0v) is 14.0.